The van der Waals surface area contributed by atoms with E-state index >= 15 is 0 Å². The molecule has 1 saturated heterocycles. The van der Waals surface area contributed by atoms with Gasteiger partial charge in [-0.15, -0.1) is 0 Å². The average molecular weight is 399 g/mol. The number of aliphatic hydroxyl groups is 1. The van der Waals surface area contributed by atoms with Crippen LogP contribution in [0.2, 0.25) is 0 Å². The Balaban J connectivity index is 2.09. The Morgan fingerprint density at radius 3 is 2.61 bits per heavy atom. The first-order valence-electron chi connectivity index (χ1n) is 8.99. The van der Waals surface area contributed by atoms with Crippen molar-refractivity contribution >= 4 is 11.8 Å². The summed E-state index contributed by atoms with van der Waals surface area (Å²) in [5.74, 6) is -0.612. The second-order valence-electron chi connectivity index (χ2n) is 7.49. The molecule has 0 bridgehead atoms. The lowest BCUT2D eigenvalue weighted by atomic mass is 10.0. The zero-order valence-corrected chi connectivity index (χ0v) is 16.2. The van der Waals surface area contributed by atoms with Crippen molar-refractivity contribution in [3.05, 3.63) is 39.7 Å². The van der Waals surface area contributed by atoms with E-state index in [-0.39, 0.29) is 5.56 Å². The fourth-order valence-electron chi connectivity index (χ4n) is 2.87. The molecule has 2 atom stereocenters. The number of alkyl carbamates (subject to hydrolysis) is 1. The summed E-state index contributed by atoms with van der Waals surface area (Å²) in [7, 11) is 0. The van der Waals surface area contributed by atoms with Crippen LogP contribution < -0.4 is 10.2 Å². The fraction of sp³-hybridized carbons (Fsp3) is 0.611. The highest BCUT2D eigenvalue weighted by molar-refractivity contribution is 5.67. The van der Waals surface area contributed by atoms with E-state index in [9.17, 15) is 24.4 Å². The van der Waals surface area contributed by atoms with Crippen LogP contribution in [0.25, 0.3) is 0 Å². The van der Waals surface area contributed by atoms with Crippen LogP contribution in [0.15, 0.2) is 18.2 Å². The number of halogens is 1. The quantitative estimate of drug-likeness (QED) is 0.554. The normalized spacial score (nSPS) is 17.0. The van der Waals surface area contributed by atoms with Gasteiger partial charge < -0.3 is 24.8 Å². The van der Waals surface area contributed by atoms with Crippen LogP contribution in [0.5, 0.6) is 0 Å². The third-order valence-electron chi connectivity index (χ3n) is 4.11. The van der Waals surface area contributed by atoms with Crippen LogP contribution in [-0.2, 0) is 9.47 Å². The molecule has 1 aliphatic rings. The third-order valence-corrected chi connectivity index (χ3v) is 4.11. The minimum absolute atomic E-state index is 0.0120. The highest BCUT2D eigenvalue weighted by Crippen LogP contribution is 2.27. The minimum atomic E-state index is -1.59. The Hall–Kier alpha value is -2.46. The lowest BCUT2D eigenvalue weighted by Gasteiger charge is -2.29. The van der Waals surface area contributed by atoms with Gasteiger partial charge in [0.1, 0.15) is 17.5 Å². The van der Waals surface area contributed by atoms with Gasteiger partial charge in [0, 0.05) is 23.6 Å². The van der Waals surface area contributed by atoms with Crippen molar-refractivity contribution in [3.63, 3.8) is 0 Å². The van der Waals surface area contributed by atoms with Gasteiger partial charge in [0.15, 0.2) is 0 Å². The second-order valence-corrected chi connectivity index (χ2v) is 7.49. The number of aliphatic hydroxyl groups excluding tert-OH is 1. The van der Waals surface area contributed by atoms with Crippen molar-refractivity contribution in [3.8, 4) is 0 Å². The van der Waals surface area contributed by atoms with Gasteiger partial charge in [-0.25, -0.2) is 9.18 Å². The maximum Gasteiger partial charge on any atom is 0.407 e. The second kappa shape index (κ2) is 9.16. The summed E-state index contributed by atoms with van der Waals surface area (Å²) in [5.41, 5.74) is -0.399. The molecule has 1 amide bonds. The van der Waals surface area contributed by atoms with Crippen LogP contribution in [-0.4, -0.2) is 60.7 Å². The number of carbonyl (C=O) groups is 1. The Kier molecular flexibility index (Phi) is 7.14. The number of benzene rings is 1. The molecule has 2 rings (SSSR count). The fourth-order valence-corrected chi connectivity index (χ4v) is 2.87. The van der Waals surface area contributed by atoms with E-state index in [4.69, 9.17) is 9.47 Å². The van der Waals surface area contributed by atoms with Gasteiger partial charge in [-0.2, -0.15) is 0 Å². The van der Waals surface area contributed by atoms with Gasteiger partial charge >= 0.3 is 6.09 Å². The zero-order chi connectivity index (χ0) is 20.9. The number of anilines is 1. The first-order chi connectivity index (χ1) is 13.1. The molecule has 1 aromatic carbocycles. The lowest BCUT2D eigenvalue weighted by molar-refractivity contribution is -0.540. The standard InChI is InChI=1S/C18H26FN3O6/c1-18(2,3)28-17(24)20-11-15(23)16(22(25)26)12-4-5-14(13(19)10-12)21-6-8-27-9-7-21/h4-5,10,15-16,23H,6-9,11H2,1-3H3,(H,20,24). The minimum Gasteiger partial charge on any atom is -0.444 e. The molecule has 0 spiro atoms. The van der Waals surface area contributed by atoms with Gasteiger partial charge in [-0.1, -0.05) is 0 Å². The highest BCUT2D eigenvalue weighted by Gasteiger charge is 2.33. The summed E-state index contributed by atoms with van der Waals surface area (Å²) in [6, 6.07) is 2.33. The number of nitro groups is 1. The predicted molar refractivity (Wildman–Crippen MR) is 99.4 cm³/mol. The van der Waals surface area contributed by atoms with Crippen LogP contribution in [0, 0.1) is 15.9 Å². The highest BCUT2D eigenvalue weighted by atomic mass is 19.1. The molecule has 1 aromatic rings. The Morgan fingerprint density at radius 2 is 2.07 bits per heavy atom. The average Bonchev–Trinajstić information content (AvgIpc) is 2.59. The maximum atomic E-state index is 14.5. The molecule has 0 aliphatic carbocycles. The molecule has 1 heterocycles. The Morgan fingerprint density at radius 1 is 1.43 bits per heavy atom. The molecule has 0 saturated carbocycles. The molecule has 1 fully saturated rings. The number of carbonyl (C=O) groups excluding carboxylic acids is 1. The Labute approximate surface area is 162 Å². The summed E-state index contributed by atoms with van der Waals surface area (Å²) in [6.45, 7) is 6.61. The number of hydrogen-bond donors (Lipinski definition) is 2. The molecule has 2 unspecified atom stereocenters. The van der Waals surface area contributed by atoms with E-state index in [1.807, 2.05) is 0 Å². The van der Waals surface area contributed by atoms with Gasteiger partial charge in [0.25, 0.3) is 6.04 Å². The van der Waals surface area contributed by atoms with Crippen molar-refractivity contribution < 1.29 is 28.7 Å². The number of amides is 1. The van der Waals surface area contributed by atoms with E-state index in [1.165, 1.54) is 12.1 Å². The number of nitrogens with zero attached hydrogens (tertiary/aromatic N) is 2. The van der Waals surface area contributed by atoms with Crippen LogP contribution in [0.1, 0.15) is 32.4 Å². The third kappa shape index (κ3) is 6.03. The van der Waals surface area contributed by atoms with E-state index < -0.39 is 41.1 Å². The molecule has 2 N–H and O–H groups in total. The first-order valence-corrected chi connectivity index (χ1v) is 8.99. The maximum absolute atomic E-state index is 14.5. The smallest absolute Gasteiger partial charge is 0.407 e. The van der Waals surface area contributed by atoms with Gasteiger partial charge in [0.2, 0.25) is 0 Å². The summed E-state index contributed by atoms with van der Waals surface area (Å²) in [6.07, 6.45) is -2.36. The number of rotatable bonds is 6. The van der Waals surface area contributed by atoms with Gasteiger partial charge in [-0.05, 0) is 39.0 Å². The van der Waals surface area contributed by atoms with Gasteiger partial charge in [-0.3, -0.25) is 10.1 Å². The van der Waals surface area contributed by atoms with Crippen molar-refractivity contribution in [1.82, 2.24) is 5.32 Å². The zero-order valence-electron chi connectivity index (χ0n) is 16.2. The molecular weight excluding hydrogens is 373 g/mol. The number of morpholine rings is 1. The van der Waals surface area contributed by atoms with Crippen LogP contribution in [0.4, 0.5) is 14.9 Å². The van der Waals surface area contributed by atoms with Crippen molar-refractivity contribution in [2.75, 3.05) is 37.7 Å². The summed E-state index contributed by atoms with van der Waals surface area (Å²) in [5, 5.41) is 24.0. The SMILES string of the molecule is CC(C)(C)OC(=O)NCC(O)C(c1ccc(N2CCOCC2)c(F)c1)[N+](=O)[O-]. The van der Waals surface area contributed by atoms with E-state index in [2.05, 4.69) is 5.32 Å². The summed E-state index contributed by atoms with van der Waals surface area (Å²) in [4.78, 5) is 24.2. The number of hydrogen-bond acceptors (Lipinski definition) is 7. The van der Waals surface area contributed by atoms with Crippen LogP contribution in [0.3, 0.4) is 0 Å². The van der Waals surface area contributed by atoms with E-state index in [0.717, 1.165) is 6.07 Å². The first kappa shape index (κ1) is 21.8. The topological polar surface area (TPSA) is 114 Å². The molecule has 156 valence electrons. The summed E-state index contributed by atoms with van der Waals surface area (Å²) < 4.78 is 24.8. The lowest BCUT2D eigenvalue weighted by Crippen LogP contribution is -2.40. The van der Waals surface area contributed by atoms with Gasteiger partial charge in [0.05, 0.1) is 25.4 Å². The van der Waals surface area contributed by atoms with Crippen molar-refractivity contribution in [1.29, 1.82) is 0 Å². The molecule has 1 aliphatic heterocycles. The number of nitrogens with one attached hydrogen (secondary N) is 1. The van der Waals surface area contributed by atoms with Crippen molar-refractivity contribution in [2.45, 2.75) is 38.5 Å². The molecule has 9 nitrogen and oxygen atoms in total. The van der Waals surface area contributed by atoms with E-state index in [1.54, 1.807) is 25.7 Å². The predicted octanol–water partition coefficient (Wildman–Crippen LogP) is 1.87. The Bertz CT molecular complexity index is 703. The van der Waals surface area contributed by atoms with Crippen molar-refractivity contribution in [2.24, 2.45) is 0 Å². The largest absolute Gasteiger partial charge is 0.444 e. The molecule has 0 radical (unpaired) electrons. The van der Waals surface area contributed by atoms with E-state index in [0.29, 0.717) is 32.0 Å². The molecule has 10 heteroatoms. The van der Waals surface area contributed by atoms with Crippen LogP contribution >= 0.6 is 0 Å². The number of ether oxygens (including phenoxy) is 2. The monoisotopic (exact) mass is 399 g/mol. The summed E-state index contributed by atoms with van der Waals surface area (Å²) >= 11 is 0. The molecular formula is C18H26FN3O6. The molecule has 0 aromatic heterocycles. The molecule has 28 heavy (non-hydrogen) atoms.